The number of carbonyl (C=O) groups is 1. The Morgan fingerprint density at radius 3 is 2.30 bits per heavy atom. The molecule has 1 heterocycles. The quantitative estimate of drug-likeness (QED) is 0.335. The monoisotopic (exact) mass is 493 g/mol. The van der Waals surface area contributed by atoms with Crippen molar-refractivity contribution in [1.82, 2.24) is 4.90 Å². The minimum Gasteiger partial charge on any atom is -0.469 e. The minimum absolute atomic E-state index is 0.0154. The zero-order chi connectivity index (χ0) is 24.4. The molecule has 1 aliphatic heterocycles. The number of rotatable bonds is 5. The van der Waals surface area contributed by atoms with Gasteiger partial charge in [0.1, 0.15) is 0 Å². The predicted octanol–water partition coefficient (Wildman–Crippen LogP) is 6.89. The highest BCUT2D eigenvalue weighted by Gasteiger charge is 2.37. The predicted molar refractivity (Wildman–Crippen MR) is 110 cm³/mol. The number of hydrogen-bond donors (Lipinski definition) is 0. The topological polar surface area (TPSA) is 29.5 Å². The summed E-state index contributed by atoms with van der Waals surface area (Å²) in [5, 5.41) is 0.157. The number of alkyl halides is 6. The summed E-state index contributed by atoms with van der Waals surface area (Å²) in [6.07, 6.45) is -8.02. The van der Waals surface area contributed by atoms with Crippen molar-refractivity contribution in [2.75, 3.05) is 13.7 Å². The fraction of sp³-hybridized carbons (Fsp3) is 0.435. The van der Waals surface area contributed by atoms with E-state index in [0.29, 0.717) is 24.9 Å². The smallest absolute Gasteiger partial charge is 0.416 e. The first-order chi connectivity index (χ1) is 15.4. The Hall–Kier alpha value is -2.26. The lowest BCUT2D eigenvalue weighted by molar-refractivity contribution is -0.142. The summed E-state index contributed by atoms with van der Waals surface area (Å²) in [6, 6.07) is 7.46. The van der Waals surface area contributed by atoms with Crippen LogP contribution < -0.4 is 0 Å². The van der Waals surface area contributed by atoms with Gasteiger partial charge < -0.3 is 4.74 Å². The molecule has 0 aliphatic carbocycles. The summed E-state index contributed by atoms with van der Waals surface area (Å²) in [5.41, 5.74) is -1.10. The molecular formula is C23H22ClF6NO2. The molecule has 0 spiro atoms. The van der Waals surface area contributed by atoms with Gasteiger partial charge in [-0.15, -0.1) is 0 Å². The van der Waals surface area contributed by atoms with E-state index in [1.165, 1.54) is 31.4 Å². The molecule has 1 fully saturated rings. The lowest BCUT2D eigenvalue weighted by Crippen LogP contribution is -2.37. The highest BCUT2D eigenvalue weighted by atomic mass is 35.5. The average molecular weight is 494 g/mol. The fourth-order valence-corrected chi connectivity index (χ4v) is 4.40. The Bertz CT molecular complexity index is 974. The Morgan fingerprint density at radius 1 is 1.06 bits per heavy atom. The second kappa shape index (κ2) is 9.93. The van der Waals surface area contributed by atoms with Gasteiger partial charge in [-0.25, -0.2) is 0 Å². The summed E-state index contributed by atoms with van der Waals surface area (Å²) >= 11 is 5.95. The summed E-state index contributed by atoms with van der Waals surface area (Å²) in [5.74, 6) is -0.517. The molecule has 33 heavy (non-hydrogen) atoms. The minimum atomic E-state index is -4.58. The van der Waals surface area contributed by atoms with E-state index in [1.807, 2.05) is 0 Å². The molecule has 0 radical (unpaired) electrons. The normalized spacial score (nSPS) is 20.0. The molecule has 2 aromatic carbocycles. The largest absolute Gasteiger partial charge is 0.469 e. The lowest BCUT2D eigenvalue weighted by atomic mass is 9.84. The highest BCUT2D eigenvalue weighted by molar-refractivity contribution is 6.30. The zero-order valence-corrected chi connectivity index (χ0v) is 18.4. The van der Waals surface area contributed by atoms with Gasteiger partial charge in [-0.1, -0.05) is 23.7 Å². The zero-order valence-electron chi connectivity index (χ0n) is 17.6. The number of ether oxygens (including phenoxy) is 1. The number of nitrogens with zero attached hydrogens (tertiary/aromatic N) is 1. The molecule has 0 bridgehead atoms. The standard InChI is InChI=1S/C23H22ClF6NO2/c1-33-21(32)11-14-8-9-31(13-16-12-18(24)6-7-19(16)23(28,29)30)20(10-14)15-2-4-17(5-3-15)22(25,26)27/h2-7,12,14,20H,8-11,13H2,1H3. The van der Waals surface area contributed by atoms with E-state index in [-0.39, 0.29) is 29.5 Å². The van der Waals surface area contributed by atoms with Crippen LogP contribution in [0.2, 0.25) is 5.02 Å². The maximum absolute atomic E-state index is 13.5. The Labute approximate surface area is 192 Å². The summed E-state index contributed by atoms with van der Waals surface area (Å²) in [7, 11) is 1.27. The van der Waals surface area contributed by atoms with Gasteiger partial charge in [0.2, 0.25) is 0 Å². The number of carbonyl (C=O) groups excluding carboxylic acids is 1. The van der Waals surface area contributed by atoms with Gasteiger partial charge in [-0.3, -0.25) is 9.69 Å². The van der Waals surface area contributed by atoms with Gasteiger partial charge in [0.05, 0.1) is 18.2 Å². The van der Waals surface area contributed by atoms with Crippen LogP contribution >= 0.6 is 11.6 Å². The van der Waals surface area contributed by atoms with E-state index < -0.39 is 35.5 Å². The molecule has 3 nitrogen and oxygen atoms in total. The van der Waals surface area contributed by atoms with E-state index in [2.05, 4.69) is 0 Å². The third-order valence-corrected chi connectivity index (χ3v) is 6.11. The number of halogens is 7. The van der Waals surface area contributed by atoms with Crippen molar-refractivity contribution in [1.29, 1.82) is 0 Å². The van der Waals surface area contributed by atoms with Gasteiger partial charge in [0.15, 0.2) is 0 Å². The summed E-state index contributed by atoms with van der Waals surface area (Å²) < 4.78 is 84.3. The maximum atomic E-state index is 13.5. The molecule has 10 heteroatoms. The SMILES string of the molecule is COC(=O)CC1CCN(Cc2cc(Cl)ccc2C(F)(F)F)C(c2ccc(C(F)(F)F)cc2)C1. The second-order valence-corrected chi connectivity index (χ2v) is 8.51. The van der Waals surface area contributed by atoms with Crippen LogP contribution in [0.1, 0.15) is 47.6 Å². The number of likely N-dealkylation sites (tertiary alicyclic amines) is 1. The third-order valence-electron chi connectivity index (χ3n) is 5.87. The van der Waals surface area contributed by atoms with Crippen LogP contribution in [0.25, 0.3) is 0 Å². The van der Waals surface area contributed by atoms with Crippen LogP contribution in [-0.4, -0.2) is 24.5 Å². The number of piperidine rings is 1. The molecule has 0 saturated carbocycles. The van der Waals surface area contributed by atoms with Crippen molar-refractivity contribution in [2.24, 2.45) is 5.92 Å². The second-order valence-electron chi connectivity index (χ2n) is 8.08. The van der Waals surface area contributed by atoms with Crippen molar-refractivity contribution in [3.63, 3.8) is 0 Å². The molecule has 3 rings (SSSR count). The van der Waals surface area contributed by atoms with Crippen LogP contribution in [0.15, 0.2) is 42.5 Å². The van der Waals surface area contributed by atoms with Crippen LogP contribution in [0, 0.1) is 5.92 Å². The van der Waals surface area contributed by atoms with Gasteiger partial charge >= 0.3 is 18.3 Å². The summed E-state index contributed by atoms with van der Waals surface area (Å²) in [4.78, 5) is 13.5. The first-order valence-corrected chi connectivity index (χ1v) is 10.6. The molecule has 1 aliphatic rings. The molecule has 0 amide bonds. The van der Waals surface area contributed by atoms with Crippen molar-refractivity contribution in [2.45, 2.75) is 44.2 Å². The van der Waals surface area contributed by atoms with Crippen LogP contribution in [0.5, 0.6) is 0 Å². The first-order valence-electron chi connectivity index (χ1n) is 10.2. The Balaban J connectivity index is 1.93. The Morgan fingerprint density at radius 2 is 1.73 bits per heavy atom. The van der Waals surface area contributed by atoms with Gasteiger partial charge in [-0.2, -0.15) is 26.3 Å². The molecular weight excluding hydrogens is 472 g/mol. The number of esters is 1. The number of benzene rings is 2. The molecule has 0 aromatic heterocycles. The maximum Gasteiger partial charge on any atom is 0.416 e. The van der Waals surface area contributed by atoms with E-state index in [4.69, 9.17) is 16.3 Å². The average Bonchev–Trinajstić information content (AvgIpc) is 2.73. The molecule has 2 aromatic rings. The van der Waals surface area contributed by atoms with Crippen molar-refractivity contribution in [3.8, 4) is 0 Å². The molecule has 0 N–H and O–H groups in total. The molecule has 180 valence electrons. The van der Waals surface area contributed by atoms with Gasteiger partial charge in [-0.05, 0) is 66.8 Å². The Kier molecular flexibility index (Phi) is 7.63. The van der Waals surface area contributed by atoms with E-state index in [9.17, 15) is 31.1 Å². The molecule has 2 unspecified atom stereocenters. The first kappa shape index (κ1) is 25.4. The molecule has 2 atom stereocenters. The summed E-state index contributed by atoms with van der Waals surface area (Å²) in [6.45, 7) is 0.267. The fourth-order valence-electron chi connectivity index (χ4n) is 4.21. The van der Waals surface area contributed by atoms with Crippen LogP contribution in [0.3, 0.4) is 0 Å². The van der Waals surface area contributed by atoms with Crippen LogP contribution in [-0.2, 0) is 28.4 Å². The lowest BCUT2D eigenvalue weighted by Gasteiger charge is -2.40. The van der Waals surface area contributed by atoms with Crippen molar-refractivity contribution >= 4 is 17.6 Å². The van der Waals surface area contributed by atoms with E-state index in [1.54, 1.807) is 4.90 Å². The van der Waals surface area contributed by atoms with Crippen molar-refractivity contribution < 1.29 is 35.9 Å². The van der Waals surface area contributed by atoms with Crippen molar-refractivity contribution in [3.05, 3.63) is 69.7 Å². The molecule has 1 saturated heterocycles. The number of methoxy groups -OCH3 is 1. The van der Waals surface area contributed by atoms with Gasteiger partial charge in [0.25, 0.3) is 0 Å². The van der Waals surface area contributed by atoms with Gasteiger partial charge in [0, 0.05) is 24.0 Å². The highest BCUT2D eigenvalue weighted by Crippen LogP contribution is 2.40. The third kappa shape index (κ3) is 6.41. The number of hydrogen-bond acceptors (Lipinski definition) is 3. The van der Waals surface area contributed by atoms with E-state index in [0.717, 1.165) is 18.2 Å². The van der Waals surface area contributed by atoms with Crippen LogP contribution in [0.4, 0.5) is 26.3 Å². The van der Waals surface area contributed by atoms with E-state index >= 15 is 0 Å².